The Labute approximate surface area is 148 Å². The van der Waals surface area contributed by atoms with Crippen molar-refractivity contribution >= 4 is 44.7 Å². The lowest BCUT2D eigenvalue weighted by Crippen LogP contribution is -2.20. The monoisotopic (exact) mass is 411 g/mol. The molecule has 0 radical (unpaired) electrons. The van der Waals surface area contributed by atoms with Gasteiger partial charge >= 0.3 is 5.97 Å². The van der Waals surface area contributed by atoms with Crippen LogP contribution in [0.1, 0.15) is 30.1 Å². The molecule has 0 atom stereocenters. The molecule has 2 N–H and O–H groups in total. The number of hydrogen-bond donors (Lipinski definition) is 2. The Morgan fingerprint density at radius 3 is 2.75 bits per heavy atom. The van der Waals surface area contributed by atoms with Crippen molar-refractivity contribution < 1.29 is 24.2 Å². The number of thiophene rings is 1. The quantitative estimate of drug-likeness (QED) is 0.721. The molecule has 2 aliphatic rings. The largest absolute Gasteiger partial charge is 0.505 e. The highest BCUT2D eigenvalue weighted by Gasteiger charge is 2.37. The lowest BCUT2D eigenvalue weighted by molar-refractivity contribution is -0.136. The van der Waals surface area contributed by atoms with Crippen LogP contribution < -0.4 is 0 Å². The highest BCUT2D eigenvalue weighted by Crippen LogP contribution is 2.40. The van der Waals surface area contributed by atoms with E-state index >= 15 is 0 Å². The minimum atomic E-state index is -1.09. The summed E-state index contributed by atoms with van der Waals surface area (Å²) in [5.74, 6) is -3.24. The third-order valence-electron chi connectivity index (χ3n) is 3.78. The Kier molecular flexibility index (Phi) is 4.27. The number of carbonyl (C=O) groups excluding carboxylic acids is 1. The molecule has 0 bridgehead atoms. The number of aliphatic imine (C=N–C) groups is 1. The molecular weight excluding hydrogens is 401 g/mol. The molecule has 0 amide bonds. The molecule has 5 nitrogen and oxygen atoms in total. The highest BCUT2D eigenvalue weighted by molar-refractivity contribution is 9.11. The van der Waals surface area contributed by atoms with Gasteiger partial charge in [-0.2, -0.15) is 0 Å². The number of fused-ring (bicyclic) bond motifs is 1. The molecule has 124 valence electrons. The van der Waals surface area contributed by atoms with Crippen LogP contribution >= 0.6 is 27.3 Å². The van der Waals surface area contributed by atoms with Gasteiger partial charge < -0.3 is 10.2 Å². The van der Waals surface area contributed by atoms with Crippen LogP contribution in [0.4, 0.5) is 4.39 Å². The van der Waals surface area contributed by atoms with Crippen LogP contribution in [0.15, 0.2) is 54.2 Å². The SMILES string of the molecule is CC1=C(CC(=O)O)C2=C(C(=O)c3csc(Br)c3)C(O)=C(F)CC2=N1. The third-order valence-corrected chi connectivity index (χ3v) is 5.29. The molecule has 1 aromatic heterocycles. The second-order valence-electron chi connectivity index (χ2n) is 5.34. The van der Waals surface area contributed by atoms with Gasteiger partial charge in [-0.1, -0.05) is 0 Å². The summed E-state index contributed by atoms with van der Waals surface area (Å²) in [7, 11) is 0. The maximum atomic E-state index is 14.1. The number of nitrogens with zero attached hydrogens (tertiary/aromatic N) is 1. The topological polar surface area (TPSA) is 87.0 Å². The molecular formula is C16H11BrFNO4S. The van der Waals surface area contributed by atoms with Gasteiger partial charge in [0.1, 0.15) is 5.83 Å². The van der Waals surface area contributed by atoms with E-state index in [1.54, 1.807) is 18.4 Å². The summed E-state index contributed by atoms with van der Waals surface area (Å²) < 4.78 is 14.8. The molecule has 0 aromatic carbocycles. The molecule has 1 aliphatic carbocycles. The van der Waals surface area contributed by atoms with Crippen molar-refractivity contribution in [3.8, 4) is 0 Å². The van der Waals surface area contributed by atoms with Gasteiger partial charge in [-0.3, -0.25) is 14.6 Å². The van der Waals surface area contributed by atoms with Gasteiger partial charge in [0.2, 0.25) is 0 Å². The van der Waals surface area contributed by atoms with Crippen LogP contribution in [-0.2, 0) is 4.79 Å². The van der Waals surface area contributed by atoms with Gasteiger partial charge in [-0.25, -0.2) is 4.39 Å². The number of halogens is 2. The van der Waals surface area contributed by atoms with Crippen molar-refractivity contribution in [3.05, 3.63) is 54.8 Å². The second kappa shape index (κ2) is 6.10. The summed E-state index contributed by atoms with van der Waals surface area (Å²) >= 11 is 4.53. The van der Waals surface area contributed by atoms with Crippen LogP contribution in [-0.4, -0.2) is 27.7 Å². The van der Waals surface area contributed by atoms with Gasteiger partial charge in [0.05, 0.1) is 21.5 Å². The fourth-order valence-electron chi connectivity index (χ4n) is 2.75. The molecule has 0 fully saturated rings. The van der Waals surface area contributed by atoms with Gasteiger partial charge in [0.15, 0.2) is 11.5 Å². The Morgan fingerprint density at radius 1 is 1.46 bits per heavy atom. The number of aliphatic hydroxyl groups is 1. The Morgan fingerprint density at radius 2 is 2.17 bits per heavy atom. The molecule has 24 heavy (non-hydrogen) atoms. The lowest BCUT2D eigenvalue weighted by Gasteiger charge is -2.19. The van der Waals surface area contributed by atoms with Crippen molar-refractivity contribution in [1.29, 1.82) is 0 Å². The summed E-state index contributed by atoms with van der Waals surface area (Å²) in [5.41, 5.74) is 1.32. The van der Waals surface area contributed by atoms with Crippen molar-refractivity contribution in [2.75, 3.05) is 0 Å². The zero-order chi connectivity index (χ0) is 17.6. The number of allylic oxidation sites excluding steroid dienone is 4. The van der Waals surface area contributed by atoms with E-state index in [9.17, 15) is 19.1 Å². The Balaban J connectivity index is 2.20. The maximum Gasteiger partial charge on any atom is 0.307 e. The Hall–Kier alpha value is -2.06. The first kappa shape index (κ1) is 16.8. The minimum Gasteiger partial charge on any atom is -0.505 e. The van der Waals surface area contributed by atoms with E-state index in [-0.39, 0.29) is 35.3 Å². The number of aliphatic carboxylic acids is 1. The van der Waals surface area contributed by atoms with E-state index in [2.05, 4.69) is 20.9 Å². The summed E-state index contributed by atoms with van der Waals surface area (Å²) in [5, 5.41) is 20.8. The summed E-state index contributed by atoms with van der Waals surface area (Å²) in [6.45, 7) is 1.61. The number of aliphatic hydroxyl groups excluding tert-OH is 1. The fraction of sp³-hybridized carbons (Fsp3) is 0.188. The smallest absolute Gasteiger partial charge is 0.307 e. The number of rotatable bonds is 4. The molecule has 1 aliphatic heterocycles. The third kappa shape index (κ3) is 2.76. The van der Waals surface area contributed by atoms with E-state index in [1.165, 1.54) is 11.3 Å². The molecule has 0 saturated carbocycles. The summed E-state index contributed by atoms with van der Waals surface area (Å²) in [6.07, 6.45) is -0.612. The first-order valence-electron chi connectivity index (χ1n) is 6.90. The van der Waals surface area contributed by atoms with E-state index in [4.69, 9.17) is 5.11 Å². The molecule has 8 heteroatoms. The van der Waals surface area contributed by atoms with Crippen LogP contribution in [0.5, 0.6) is 0 Å². The zero-order valence-electron chi connectivity index (χ0n) is 12.4. The highest BCUT2D eigenvalue weighted by atomic mass is 79.9. The predicted molar refractivity (Wildman–Crippen MR) is 91.1 cm³/mol. The van der Waals surface area contributed by atoms with E-state index < -0.39 is 23.3 Å². The number of Topliss-reactive ketones (excluding diaryl/α,β-unsaturated/α-hetero) is 1. The maximum absolute atomic E-state index is 14.1. The molecule has 0 saturated heterocycles. The zero-order valence-corrected chi connectivity index (χ0v) is 14.8. The number of carboxylic acid groups (broad SMARTS) is 1. The normalized spacial score (nSPS) is 17.4. The number of hydrogen-bond acceptors (Lipinski definition) is 5. The van der Waals surface area contributed by atoms with E-state index in [0.29, 0.717) is 15.1 Å². The van der Waals surface area contributed by atoms with Crippen molar-refractivity contribution in [2.45, 2.75) is 19.8 Å². The summed E-state index contributed by atoms with van der Waals surface area (Å²) in [6, 6.07) is 1.57. The standard InChI is InChI=1S/C16H11BrFNO4S/c1-6-8(3-12(20)21)13-10(19-6)4-9(18)16(23)14(13)15(22)7-2-11(17)24-5-7/h2,5,23H,3-4H2,1H3,(H,20,21). The first-order chi connectivity index (χ1) is 11.3. The van der Waals surface area contributed by atoms with Crippen LogP contribution in [0.3, 0.4) is 0 Å². The predicted octanol–water partition coefficient (Wildman–Crippen LogP) is 4.34. The number of carboxylic acids is 1. The molecule has 0 unspecified atom stereocenters. The average molecular weight is 412 g/mol. The second-order valence-corrected chi connectivity index (χ2v) is 7.63. The van der Waals surface area contributed by atoms with Crippen LogP contribution in [0.2, 0.25) is 0 Å². The van der Waals surface area contributed by atoms with Crippen molar-refractivity contribution in [3.63, 3.8) is 0 Å². The van der Waals surface area contributed by atoms with Crippen molar-refractivity contribution in [2.24, 2.45) is 4.99 Å². The van der Waals surface area contributed by atoms with Crippen LogP contribution in [0.25, 0.3) is 0 Å². The van der Waals surface area contributed by atoms with E-state index in [1.807, 2.05) is 0 Å². The van der Waals surface area contributed by atoms with Gasteiger partial charge in [0, 0.05) is 28.6 Å². The minimum absolute atomic E-state index is 0.226. The van der Waals surface area contributed by atoms with E-state index in [0.717, 1.165) is 0 Å². The number of ketones is 1. The van der Waals surface area contributed by atoms with Crippen LogP contribution in [0, 0.1) is 0 Å². The first-order valence-corrected chi connectivity index (χ1v) is 8.57. The van der Waals surface area contributed by atoms with Crippen molar-refractivity contribution in [1.82, 2.24) is 0 Å². The lowest BCUT2D eigenvalue weighted by atomic mass is 9.85. The molecule has 3 rings (SSSR count). The molecule has 1 aromatic rings. The van der Waals surface area contributed by atoms with Gasteiger partial charge in [-0.15, -0.1) is 11.3 Å². The van der Waals surface area contributed by atoms with Gasteiger partial charge in [-0.05, 0) is 34.5 Å². The summed E-state index contributed by atoms with van der Waals surface area (Å²) in [4.78, 5) is 28.1. The Bertz CT molecular complexity index is 907. The fourth-order valence-corrected chi connectivity index (χ4v) is 3.89. The average Bonchev–Trinajstić information content (AvgIpc) is 3.05. The van der Waals surface area contributed by atoms with Gasteiger partial charge in [0.25, 0.3) is 0 Å². The molecule has 2 heterocycles. The number of carbonyl (C=O) groups is 2. The molecule has 0 spiro atoms.